The van der Waals surface area contributed by atoms with Crippen LogP contribution in [0.25, 0.3) is 0 Å². The number of carboxylic acid groups (broad SMARTS) is 1. The van der Waals surface area contributed by atoms with E-state index in [1.54, 1.807) is 18.7 Å². The van der Waals surface area contributed by atoms with Gasteiger partial charge in [-0.15, -0.1) is 11.8 Å². The van der Waals surface area contributed by atoms with Crippen LogP contribution in [0.2, 0.25) is 0 Å². The Bertz CT molecular complexity index is 185. The molecule has 0 amide bonds. The maximum atomic E-state index is 10.8. The number of aliphatic carboxylic acids is 1. The highest BCUT2D eigenvalue weighted by Crippen LogP contribution is 2.34. The number of carbonyl (C=O) groups is 1. The number of nitrogens with zero attached hydrogens (tertiary/aromatic N) is 1. The van der Waals surface area contributed by atoms with Crippen molar-refractivity contribution in [3.8, 4) is 0 Å². The summed E-state index contributed by atoms with van der Waals surface area (Å²) in [5.74, 6) is -0.0446. The van der Waals surface area contributed by atoms with E-state index in [0.717, 1.165) is 0 Å². The van der Waals surface area contributed by atoms with Gasteiger partial charge in [-0.3, -0.25) is 9.69 Å². The normalized spacial score (nSPS) is 39.4. The van der Waals surface area contributed by atoms with E-state index in [2.05, 4.69) is 0 Å². The fraction of sp³-hybridized carbons (Fsp3) is 0.857. The van der Waals surface area contributed by atoms with E-state index >= 15 is 0 Å². The van der Waals surface area contributed by atoms with Gasteiger partial charge in [0.25, 0.3) is 0 Å². The molecule has 0 radical (unpaired) electrons. The molecule has 1 heterocycles. The smallest absolute Gasteiger partial charge is 0.324 e. The highest BCUT2D eigenvalue weighted by Gasteiger charge is 2.45. The fourth-order valence-corrected chi connectivity index (χ4v) is 2.46. The maximum absolute atomic E-state index is 10.8. The summed E-state index contributed by atoms with van der Waals surface area (Å²) in [5.41, 5.74) is -0.663. The molecule has 0 aliphatic carbocycles. The van der Waals surface area contributed by atoms with E-state index in [1.165, 1.54) is 0 Å². The van der Waals surface area contributed by atoms with Crippen LogP contribution >= 0.6 is 11.8 Å². The van der Waals surface area contributed by atoms with Crippen LogP contribution in [0.3, 0.4) is 0 Å². The standard InChI is InChI=1S/C7H13NO2S/c1-5-8(3)7(2,4-11-5)6(9)10/h5H,4H2,1-3H3,(H,9,10)/t5-,7-/m1/s1. The summed E-state index contributed by atoms with van der Waals surface area (Å²) in [5, 5.41) is 9.22. The summed E-state index contributed by atoms with van der Waals surface area (Å²) in [4.78, 5) is 12.7. The maximum Gasteiger partial charge on any atom is 0.324 e. The molecule has 1 saturated heterocycles. The molecular weight excluding hydrogens is 162 g/mol. The van der Waals surface area contributed by atoms with Crippen LogP contribution in [0.1, 0.15) is 13.8 Å². The second kappa shape index (κ2) is 2.68. The first-order chi connectivity index (χ1) is 4.98. The van der Waals surface area contributed by atoms with Gasteiger partial charge >= 0.3 is 5.97 Å². The lowest BCUT2D eigenvalue weighted by Crippen LogP contribution is -2.49. The Morgan fingerprint density at radius 3 is 2.55 bits per heavy atom. The summed E-state index contributed by atoms with van der Waals surface area (Å²) in [6.07, 6.45) is 0. The van der Waals surface area contributed by atoms with Gasteiger partial charge in [0.1, 0.15) is 5.54 Å². The van der Waals surface area contributed by atoms with E-state index in [1.807, 2.05) is 18.9 Å². The van der Waals surface area contributed by atoms with Crippen molar-refractivity contribution < 1.29 is 9.90 Å². The van der Waals surface area contributed by atoms with Crippen LogP contribution < -0.4 is 0 Å². The van der Waals surface area contributed by atoms with Crippen LogP contribution in [0.5, 0.6) is 0 Å². The Kier molecular flexibility index (Phi) is 2.16. The molecule has 1 N–H and O–H groups in total. The quantitative estimate of drug-likeness (QED) is 0.641. The predicted molar refractivity (Wildman–Crippen MR) is 45.7 cm³/mol. The van der Waals surface area contributed by atoms with Gasteiger partial charge in [0.15, 0.2) is 0 Å². The number of thioether (sulfide) groups is 1. The molecule has 1 aliphatic heterocycles. The Hall–Kier alpha value is -0.220. The van der Waals surface area contributed by atoms with Crippen molar-refractivity contribution in [1.29, 1.82) is 0 Å². The number of likely N-dealkylation sites (N-methyl/N-ethyl adjacent to an activating group) is 1. The minimum atomic E-state index is -0.725. The van der Waals surface area contributed by atoms with Crippen molar-refractivity contribution in [3.05, 3.63) is 0 Å². The van der Waals surface area contributed by atoms with Crippen molar-refractivity contribution in [2.24, 2.45) is 0 Å². The lowest BCUT2D eigenvalue weighted by molar-refractivity contribution is -0.147. The van der Waals surface area contributed by atoms with Crippen LogP contribution in [0, 0.1) is 0 Å². The Morgan fingerprint density at radius 1 is 1.82 bits per heavy atom. The molecule has 0 unspecified atom stereocenters. The molecule has 0 bridgehead atoms. The molecule has 3 nitrogen and oxygen atoms in total. The van der Waals surface area contributed by atoms with Gasteiger partial charge in [0.2, 0.25) is 0 Å². The van der Waals surface area contributed by atoms with E-state index in [0.29, 0.717) is 11.1 Å². The van der Waals surface area contributed by atoms with Gasteiger partial charge < -0.3 is 5.11 Å². The van der Waals surface area contributed by atoms with Gasteiger partial charge in [-0.25, -0.2) is 0 Å². The number of carboxylic acids is 1. The first-order valence-corrected chi connectivity index (χ1v) is 4.61. The minimum absolute atomic E-state index is 0.316. The average molecular weight is 175 g/mol. The van der Waals surface area contributed by atoms with Crippen LogP contribution in [0.4, 0.5) is 0 Å². The lowest BCUT2D eigenvalue weighted by atomic mass is 10.0. The molecule has 0 aromatic rings. The predicted octanol–water partition coefficient (Wildman–Crippen LogP) is 0.854. The third-order valence-electron chi connectivity index (χ3n) is 2.39. The average Bonchev–Trinajstić information content (AvgIpc) is 2.18. The molecule has 0 spiro atoms. The Balaban J connectivity index is 2.81. The highest BCUT2D eigenvalue weighted by molar-refractivity contribution is 8.00. The van der Waals surface area contributed by atoms with Gasteiger partial charge in [-0.1, -0.05) is 0 Å². The molecule has 4 heteroatoms. The fourth-order valence-electron chi connectivity index (χ4n) is 1.11. The van der Waals surface area contributed by atoms with E-state index < -0.39 is 11.5 Å². The first kappa shape index (κ1) is 8.87. The number of hydrogen-bond acceptors (Lipinski definition) is 3. The largest absolute Gasteiger partial charge is 0.480 e. The van der Waals surface area contributed by atoms with Gasteiger partial charge in [-0.05, 0) is 20.9 Å². The molecule has 0 aromatic heterocycles. The summed E-state index contributed by atoms with van der Waals surface area (Å²) in [6, 6.07) is 0. The van der Waals surface area contributed by atoms with Crippen LogP contribution in [-0.2, 0) is 4.79 Å². The second-order valence-corrected chi connectivity index (χ2v) is 4.40. The second-order valence-electron chi connectivity index (χ2n) is 3.10. The molecule has 2 atom stereocenters. The van der Waals surface area contributed by atoms with Gasteiger partial charge in [0, 0.05) is 5.75 Å². The molecule has 1 aliphatic rings. The topological polar surface area (TPSA) is 40.5 Å². The Labute approximate surface area is 70.8 Å². The molecule has 0 saturated carbocycles. The zero-order valence-electron chi connectivity index (χ0n) is 7.00. The third kappa shape index (κ3) is 1.25. The zero-order chi connectivity index (χ0) is 8.65. The van der Waals surface area contributed by atoms with Crippen molar-refractivity contribution in [2.75, 3.05) is 12.8 Å². The van der Waals surface area contributed by atoms with Crippen molar-refractivity contribution >= 4 is 17.7 Å². The molecule has 11 heavy (non-hydrogen) atoms. The van der Waals surface area contributed by atoms with Crippen LogP contribution in [0.15, 0.2) is 0 Å². The van der Waals surface area contributed by atoms with E-state index in [9.17, 15) is 4.79 Å². The third-order valence-corrected chi connectivity index (χ3v) is 3.92. The van der Waals surface area contributed by atoms with Crippen molar-refractivity contribution in [3.63, 3.8) is 0 Å². The lowest BCUT2D eigenvalue weighted by Gasteiger charge is -2.28. The zero-order valence-corrected chi connectivity index (χ0v) is 7.81. The van der Waals surface area contributed by atoms with Gasteiger partial charge in [0.05, 0.1) is 5.37 Å². The number of hydrogen-bond donors (Lipinski definition) is 1. The van der Waals surface area contributed by atoms with Gasteiger partial charge in [-0.2, -0.15) is 0 Å². The van der Waals surface area contributed by atoms with E-state index in [-0.39, 0.29) is 0 Å². The monoisotopic (exact) mass is 175 g/mol. The molecule has 64 valence electrons. The minimum Gasteiger partial charge on any atom is -0.480 e. The summed E-state index contributed by atoms with van der Waals surface area (Å²) < 4.78 is 0. The SMILES string of the molecule is C[C@H]1SC[C@](C)(C(=O)O)N1C. The number of rotatable bonds is 1. The molecular formula is C7H13NO2S. The molecule has 0 aromatic carbocycles. The highest BCUT2D eigenvalue weighted by atomic mass is 32.2. The summed E-state index contributed by atoms with van der Waals surface area (Å²) in [7, 11) is 1.86. The van der Waals surface area contributed by atoms with E-state index in [4.69, 9.17) is 5.11 Å². The summed E-state index contributed by atoms with van der Waals surface area (Å²) in [6.45, 7) is 3.80. The first-order valence-electron chi connectivity index (χ1n) is 3.56. The Morgan fingerprint density at radius 2 is 2.36 bits per heavy atom. The van der Waals surface area contributed by atoms with Crippen molar-refractivity contribution in [1.82, 2.24) is 4.90 Å². The molecule has 1 rings (SSSR count). The van der Waals surface area contributed by atoms with Crippen LogP contribution in [-0.4, -0.2) is 39.7 Å². The molecule has 1 fully saturated rings. The van der Waals surface area contributed by atoms with Crippen molar-refractivity contribution in [2.45, 2.75) is 24.8 Å². The summed E-state index contributed by atoms with van der Waals surface area (Å²) >= 11 is 1.69.